The fourth-order valence-electron chi connectivity index (χ4n) is 3.63. The average molecular weight is 339 g/mol. The number of hydrogen-bond acceptors (Lipinski definition) is 7. The van der Waals surface area contributed by atoms with E-state index >= 15 is 0 Å². The maximum absolute atomic E-state index is 10.5. The Labute approximate surface area is 145 Å². The summed E-state index contributed by atoms with van der Waals surface area (Å²) >= 11 is 0. The molecule has 0 radical (unpaired) electrons. The molecule has 3 aromatic rings. The van der Waals surface area contributed by atoms with Gasteiger partial charge in [-0.05, 0) is 32.4 Å². The summed E-state index contributed by atoms with van der Waals surface area (Å²) in [4.78, 5) is 15.4. The van der Waals surface area contributed by atoms with Crippen molar-refractivity contribution in [2.45, 2.75) is 33.3 Å². The number of rotatable bonds is 3. The Morgan fingerprint density at radius 1 is 1.16 bits per heavy atom. The number of β-amino-alcohol motifs (C(OH)–C–C–N with tert-alkyl or cyclic N) is 1. The molecular weight excluding hydrogens is 318 g/mol. The van der Waals surface area contributed by atoms with Crippen LogP contribution in [0.1, 0.15) is 22.7 Å². The first-order valence-electron chi connectivity index (χ1n) is 8.45. The fraction of sp³-hybridized carbons (Fsp3) is 0.444. The van der Waals surface area contributed by atoms with Crippen molar-refractivity contribution in [3.05, 3.63) is 41.2 Å². The predicted molar refractivity (Wildman–Crippen MR) is 93.5 cm³/mol. The number of nitrogens with zero attached hydrogens (tertiary/aromatic N) is 5. The highest BCUT2D eigenvalue weighted by Crippen LogP contribution is 2.31. The summed E-state index contributed by atoms with van der Waals surface area (Å²) in [6.45, 7) is 7.15. The molecule has 4 rings (SSSR count). The standard InChI is InChI=1S/C18H21N5O2/c1-10-4-11(2)21-17-16(10)18(20-9-19-17)23-7-13(15(24)8-23)6-14-5-12(3)22-25-14/h4-5,9,13,15,24H,6-8H2,1-3H3/t13-,15-/m1/s1. The van der Waals surface area contributed by atoms with Crippen molar-refractivity contribution in [3.63, 3.8) is 0 Å². The molecule has 0 aliphatic carbocycles. The summed E-state index contributed by atoms with van der Waals surface area (Å²) < 4.78 is 5.30. The number of pyridine rings is 1. The second-order valence-electron chi connectivity index (χ2n) is 6.85. The highest BCUT2D eigenvalue weighted by molar-refractivity contribution is 5.90. The number of aliphatic hydroxyl groups excluding tert-OH is 1. The van der Waals surface area contributed by atoms with Gasteiger partial charge in [0.2, 0.25) is 0 Å². The van der Waals surface area contributed by atoms with E-state index in [2.05, 4.69) is 25.0 Å². The second-order valence-corrected chi connectivity index (χ2v) is 6.85. The molecule has 1 aliphatic heterocycles. The van der Waals surface area contributed by atoms with E-state index < -0.39 is 6.10 Å². The molecule has 0 bridgehead atoms. The van der Waals surface area contributed by atoms with Gasteiger partial charge in [-0.3, -0.25) is 0 Å². The van der Waals surface area contributed by atoms with Crippen LogP contribution in [0.15, 0.2) is 23.0 Å². The van der Waals surface area contributed by atoms with Gasteiger partial charge in [0.1, 0.15) is 17.9 Å². The number of aliphatic hydroxyl groups is 1. The molecule has 0 spiro atoms. The van der Waals surface area contributed by atoms with Crippen LogP contribution in [-0.2, 0) is 6.42 Å². The van der Waals surface area contributed by atoms with Gasteiger partial charge in [-0.2, -0.15) is 0 Å². The molecule has 1 aliphatic rings. The van der Waals surface area contributed by atoms with Crippen molar-refractivity contribution in [2.24, 2.45) is 5.92 Å². The molecular formula is C18H21N5O2. The van der Waals surface area contributed by atoms with E-state index in [9.17, 15) is 5.11 Å². The minimum atomic E-state index is -0.436. The van der Waals surface area contributed by atoms with Crippen molar-refractivity contribution in [2.75, 3.05) is 18.0 Å². The zero-order valence-electron chi connectivity index (χ0n) is 14.6. The number of aryl methyl sites for hydroxylation is 3. The minimum Gasteiger partial charge on any atom is -0.391 e. The summed E-state index contributed by atoms with van der Waals surface area (Å²) in [6, 6.07) is 3.96. The molecule has 4 heterocycles. The molecule has 0 aromatic carbocycles. The van der Waals surface area contributed by atoms with Crippen LogP contribution in [0.3, 0.4) is 0 Å². The fourth-order valence-corrected chi connectivity index (χ4v) is 3.63. The Hall–Kier alpha value is -2.54. The van der Waals surface area contributed by atoms with Crippen LogP contribution in [-0.4, -0.2) is 44.4 Å². The molecule has 2 atom stereocenters. The highest BCUT2D eigenvalue weighted by atomic mass is 16.5. The lowest BCUT2D eigenvalue weighted by molar-refractivity contribution is 0.143. The first-order valence-corrected chi connectivity index (χ1v) is 8.45. The van der Waals surface area contributed by atoms with Crippen LogP contribution in [0.25, 0.3) is 11.0 Å². The van der Waals surface area contributed by atoms with Gasteiger partial charge in [0.25, 0.3) is 0 Å². The lowest BCUT2D eigenvalue weighted by Crippen LogP contribution is -2.22. The quantitative estimate of drug-likeness (QED) is 0.780. The summed E-state index contributed by atoms with van der Waals surface area (Å²) in [5.41, 5.74) is 3.60. The van der Waals surface area contributed by atoms with E-state index in [0.29, 0.717) is 25.2 Å². The number of fused-ring (bicyclic) bond motifs is 1. The number of hydrogen-bond donors (Lipinski definition) is 1. The van der Waals surface area contributed by atoms with Crippen LogP contribution in [0.5, 0.6) is 0 Å². The molecule has 130 valence electrons. The van der Waals surface area contributed by atoms with Gasteiger partial charge in [0, 0.05) is 37.2 Å². The molecule has 25 heavy (non-hydrogen) atoms. The molecule has 1 N–H and O–H groups in total. The van der Waals surface area contributed by atoms with E-state index in [1.165, 1.54) is 0 Å². The first kappa shape index (κ1) is 16.0. The predicted octanol–water partition coefficient (Wildman–Crippen LogP) is 1.98. The average Bonchev–Trinajstić information content (AvgIpc) is 3.13. The Kier molecular flexibility index (Phi) is 3.88. The lowest BCUT2D eigenvalue weighted by atomic mass is 10.0. The van der Waals surface area contributed by atoms with E-state index in [0.717, 1.165) is 33.9 Å². The Bertz CT molecular complexity index is 923. The van der Waals surface area contributed by atoms with Gasteiger partial charge in [0.05, 0.1) is 17.2 Å². The van der Waals surface area contributed by atoms with Crippen LogP contribution in [0, 0.1) is 26.7 Å². The van der Waals surface area contributed by atoms with Gasteiger partial charge >= 0.3 is 0 Å². The molecule has 0 unspecified atom stereocenters. The van der Waals surface area contributed by atoms with E-state index in [1.807, 2.05) is 32.9 Å². The zero-order chi connectivity index (χ0) is 17.6. The Balaban J connectivity index is 1.64. The van der Waals surface area contributed by atoms with Crippen LogP contribution in [0.2, 0.25) is 0 Å². The van der Waals surface area contributed by atoms with Crippen molar-refractivity contribution in [3.8, 4) is 0 Å². The maximum atomic E-state index is 10.5. The maximum Gasteiger partial charge on any atom is 0.165 e. The molecule has 7 nitrogen and oxygen atoms in total. The zero-order valence-corrected chi connectivity index (χ0v) is 14.6. The summed E-state index contributed by atoms with van der Waals surface area (Å²) in [6.07, 6.45) is 1.77. The van der Waals surface area contributed by atoms with Gasteiger partial charge in [-0.15, -0.1) is 0 Å². The lowest BCUT2D eigenvalue weighted by Gasteiger charge is -2.19. The van der Waals surface area contributed by atoms with Gasteiger partial charge in [-0.25, -0.2) is 15.0 Å². The molecule has 0 saturated carbocycles. The van der Waals surface area contributed by atoms with Crippen LogP contribution >= 0.6 is 0 Å². The van der Waals surface area contributed by atoms with Crippen molar-refractivity contribution in [1.82, 2.24) is 20.1 Å². The van der Waals surface area contributed by atoms with Crippen molar-refractivity contribution < 1.29 is 9.63 Å². The minimum absolute atomic E-state index is 0.0797. The van der Waals surface area contributed by atoms with Crippen molar-refractivity contribution in [1.29, 1.82) is 0 Å². The smallest absolute Gasteiger partial charge is 0.165 e. The molecule has 0 amide bonds. The van der Waals surface area contributed by atoms with E-state index in [4.69, 9.17) is 4.52 Å². The summed E-state index contributed by atoms with van der Waals surface area (Å²) in [5.74, 6) is 1.73. The van der Waals surface area contributed by atoms with Gasteiger partial charge in [-0.1, -0.05) is 5.16 Å². The topological polar surface area (TPSA) is 88.2 Å². The van der Waals surface area contributed by atoms with Crippen LogP contribution < -0.4 is 4.90 Å². The number of anilines is 1. The monoisotopic (exact) mass is 339 g/mol. The third-order valence-corrected chi connectivity index (χ3v) is 4.76. The Morgan fingerprint density at radius 3 is 2.76 bits per heavy atom. The third-order valence-electron chi connectivity index (χ3n) is 4.76. The first-order chi connectivity index (χ1) is 12.0. The molecule has 1 fully saturated rings. The van der Waals surface area contributed by atoms with Crippen LogP contribution in [0.4, 0.5) is 5.82 Å². The SMILES string of the molecule is Cc1cc(C[C@@H]2CN(c3ncnc4nc(C)cc(C)c34)C[C@H]2O)on1. The molecule has 3 aromatic heterocycles. The summed E-state index contributed by atoms with van der Waals surface area (Å²) in [5, 5.41) is 15.4. The number of aromatic nitrogens is 4. The van der Waals surface area contributed by atoms with Gasteiger partial charge < -0.3 is 14.5 Å². The van der Waals surface area contributed by atoms with E-state index in [-0.39, 0.29) is 5.92 Å². The second kappa shape index (κ2) is 6.07. The highest BCUT2D eigenvalue weighted by Gasteiger charge is 2.34. The molecule has 1 saturated heterocycles. The van der Waals surface area contributed by atoms with Gasteiger partial charge in [0.15, 0.2) is 5.65 Å². The summed E-state index contributed by atoms with van der Waals surface area (Å²) in [7, 11) is 0. The normalized spacial score (nSPS) is 20.6. The Morgan fingerprint density at radius 2 is 2.00 bits per heavy atom. The molecule has 7 heteroatoms. The van der Waals surface area contributed by atoms with E-state index in [1.54, 1.807) is 6.33 Å². The third kappa shape index (κ3) is 2.95. The van der Waals surface area contributed by atoms with Crippen molar-refractivity contribution >= 4 is 16.9 Å². The largest absolute Gasteiger partial charge is 0.391 e.